The van der Waals surface area contributed by atoms with Gasteiger partial charge in [0.15, 0.2) is 0 Å². The Morgan fingerprint density at radius 2 is 2.14 bits per heavy atom. The van der Waals surface area contributed by atoms with E-state index < -0.39 is 0 Å². The number of carbonyl (C=O) groups excluding carboxylic acids is 1. The molecule has 0 N–H and O–H groups in total. The van der Waals surface area contributed by atoms with Gasteiger partial charge < -0.3 is 0 Å². The van der Waals surface area contributed by atoms with E-state index in [-0.39, 0.29) is 5.78 Å². The van der Waals surface area contributed by atoms with Crippen molar-refractivity contribution in [3.8, 4) is 0 Å². The van der Waals surface area contributed by atoms with Gasteiger partial charge in [0.05, 0.1) is 5.33 Å². The summed E-state index contributed by atoms with van der Waals surface area (Å²) in [6.45, 7) is 0. The second kappa shape index (κ2) is 6.08. The Morgan fingerprint density at radius 3 is 2.71 bits per heavy atom. The second-order valence-electron chi connectivity index (χ2n) is 2.90. The summed E-state index contributed by atoms with van der Waals surface area (Å²) in [5.41, 5.74) is 2.08. The molecule has 0 bridgehead atoms. The Bertz CT molecular complexity index is 341. The van der Waals surface area contributed by atoms with Gasteiger partial charge in [0.1, 0.15) is 5.78 Å². The Labute approximate surface area is 110 Å². The smallest absolute Gasteiger partial charge is 0.147 e. The average Bonchev–Trinajstić information content (AvgIpc) is 2.20. The van der Waals surface area contributed by atoms with Crippen molar-refractivity contribution in [1.29, 1.82) is 0 Å². The highest BCUT2D eigenvalue weighted by molar-refractivity contribution is 14.1. The van der Waals surface area contributed by atoms with Crippen LogP contribution >= 0.6 is 50.1 Å². The predicted octanol–water partition coefficient (Wildman–Crippen LogP) is 3.54. The molecule has 0 fully saturated rings. The van der Waals surface area contributed by atoms with Crippen molar-refractivity contribution in [2.45, 2.75) is 12.3 Å². The van der Waals surface area contributed by atoms with E-state index in [1.807, 2.05) is 18.2 Å². The van der Waals surface area contributed by atoms with Gasteiger partial charge in [0.25, 0.3) is 0 Å². The lowest BCUT2D eigenvalue weighted by Gasteiger charge is -2.05. The zero-order chi connectivity index (χ0) is 10.6. The van der Waals surface area contributed by atoms with E-state index in [2.05, 4.69) is 38.5 Å². The number of benzene rings is 1. The Balaban J connectivity index is 2.90. The molecule has 76 valence electrons. The van der Waals surface area contributed by atoms with E-state index in [1.54, 1.807) is 0 Å². The maximum absolute atomic E-state index is 11.2. The Morgan fingerprint density at radius 1 is 1.43 bits per heavy atom. The summed E-state index contributed by atoms with van der Waals surface area (Å²) >= 11 is 11.2. The van der Waals surface area contributed by atoms with Crippen molar-refractivity contribution >= 4 is 55.9 Å². The molecule has 0 aliphatic heterocycles. The molecule has 0 atom stereocenters. The van der Waals surface area contributed by atoms with Crippen LogP contribution in [0.3, 0.4) is 0 Å². The summed E-state index contributed by atoms with van der Waals surface area (Å²) in [5, 5.41) is 0.403. The molecule has 14 heavy (non-hydrogen) atoms. The third-order valence-electron chi connectivity index (χ3n) is 1.85. The minimum atomic E-state index is 0.178. The largest absolute Gasteiger partial charge is 0.298 e. The summed E-state index contributed by atoms with van der Waals surface area (Å²) in [5.74, 6) is 0.638. The molecule has 0 spiro atoms. The summed E-state index contributed by atoms with van der Waals surface area (Å²) in [4.78, 5) is 11.2. The molecule has 0 amide bonds. The number of rotatable bonds is 4. The first kappa shape index (κ1) is 12.5. The van der Waals surface area contributed by atoms with Gasteiger partial charge in [-0.25, -0.2) is 0 Å². The molecular formula is C10H9BrClIO. The van der Waals surface area contributed by atoms with Crippen LogP contribution in [0.5, 0.6) is 0 Å². The Kier molecular flexibility index (Phi) is 5.41. The number of hydrogen-bond acceptors (Lipinski definition) is 1. The molecule has 1 aromatic carbocycles. The van der Waals surface area contributed by atoms with Crippen LogP contribution in [-0.2, 0) is 17.1 Å². The van der Waals surface area contributed by atoms with Crippen molar-refractivity contribution < 1.29 is 4.79 Å². The van der Waals surface area contributed by atoms with E-state index in [4.69, 9.17) is 11.6 Å². The lowest BCUT2D eigenvalue weighted by Crippen LogP contribution is -2.05. The second-order valence-corrected chi connectivity index (χ2v) is 4.97. The molecule has 0 saturated carbocycles. The van der Waals surface area contributed by atoms with Crippen LogP contribution in [0, 0.1) is 3.57 Å². The third kappa shape index (κ3) is 3.51. The molecule has 0 unspecified atom stereocenters. The quantitative estimate of drug-likeness (QED) is 0.571. The topological polar surface area (TPSA) is 17.1 Å². The summed E-state index contributed by atoms with van der Waals surface area (Å²) in [6.07, 6.45) is 0.463. The van der Waals surface area contributed by atoms with Crippen LogP contribution in [0.25, 0.3) is 0 Å². The standard InChI is InChI=1S/C10H9BrClIO/c11-5-10(14)4-7-1-2-9(13)3-8(7)6-12/h1-3H,4-6H2. The highest BCUT2D eigenvalue weighted by Gasteiger charge is 2.06. The molecule has 1 nitrogen and oxygen atoms in total. The normalized spacial score (nSPS) is 10.2. The summed E-state index contributed by atoms with van der Waals surface area (Å²) < 4.78 is 1.15. The van der Waals surface area contributed by atoms with E-state index >= 15 is 0 Å². The maximum Gasteiger partial charge on any atom is 0.147 e. The maximum atomic E-state index is 11.2. The predicted molar refractivity (Wildman–Crippen MR) is 71.2 cm³/mol. The van der Waals surface area contributed by atoms with Crippen molar-refractivity contribution in [1.82, 2.24) is 0 Å². The van der Waals surface area contributed by atoms with Crippen LogP contribution in [-0.4, -0.2) is 11.1 Å². The first-order valence-electron chi connectivity index (χ1n) is 4.08. The number of alkyl halides is 2. The van der Waals surface area contributed by atoms with Crippen molar-refractivity contribution in [2.75, 3.05) is 5.33 Å². The van der Waals surface area contributed by atoms with E-state index in [0.717, 1.165) is 14.7 Å². The third-order valence-corrected chi connectivity index (χ3v) is 3.43. The number of Topliss-reactive ketones (excluding diaryl/α,β-unsaturated/α-hetero) is 1. The Hall–Kier alpha value is 0.390. The molecule has 4 heteroatoms. The SMILES string of the molecule is O=C(CBr)Cc1ccc(I)cc1CCl. The monoisotopic (exact) mass is 386 g/mol. The van der Waals surface area contributed by atoms with Gasteiger partial charge in [0, 0.05) is 15.9 Å². The molecule has 1 rings (SSSR count). The highest BCUT2D eigenvalue weighted by Crippen LogP contribution is 2.17. The molecule has 0 aromatic heterocycles. The fraction of sp³-hybridized carbons (Fsp3) is 0.300. The van der Waals surface area contributed by atoms with Crippen LogP contribution in [0.1, 0.15) is 11.1 Å². The summed E-state index contributed by atoms with van der Waals surface area (Å²) in [6, 6.07) is 5.98. The van der Waals surface area contributed by atoms with Crippen LogP contribution < -0.4 is 0 Å². The van der Waals surface area contributed by atoms with Crippen LogP contribution in [0.4, 0.5) is 0 Å². The number of carbonyl (C=O) groups is 1. The minimum Gasteiger partial charge on any atom is -0.298 e. The number of ketones is 1. The zero-order valence-corrected chi connectivity index (χ0v) is 11.9. The summed E-state index contributed by atoms with van der Waals surface area (Å²) in [7, 11) is 0. The van der Waals surface area contributed by atoms with Gasteiger partial charge >= 0.3 is 0 Å². The fourth-order valence-corrected chi connectivity index (χ4v) is 2.15. The van der Waals surface area contributed by atoms with Gasteiger partial charge in [0.2, 0.25) is 0 Å². The molecule has 0 saturated heterocycles. The zero-order valence-electron chi connectivity index (χ0n) is 7.40. The number of hydrogen-bond donors (Lipinski definition) is 0. The highest BCUT2D eigenvalue weighted by atomic mass is 127. The molecular weight excluding hydrogens is 378 g/mol. The molecule has 0 aliphatic carbocycles. The van der Waals surface area contributed by atoms with Crippen LogP contribution in [0.2, 0.25) is 0 Å². The number of halogens is 3. The lowest BCUT2D eigenvalue weighted by atomic mass is 10.0. The average molecular weight is 387 g/mol. The van der Waals surface area contributed by atoms with Gasteiger partial charge in [-0.15, -0.1) is 11.6 Å². The fourth-order valence-electron chi connectivity index (χ4n) is 1.15. The van der Waals surface area contributed by atoms with Gasteiger partial charge in [-0.05, 0) is 45.9 Å². The van der Waals surface area contributed by atoms with Crippen LogP contribution in [0.15, 0.2) is 18.2 Å². The van der Waals surface area contributed by atoms with Gasteiger partial charge in [-0.2, -0.15) is 0 Å². The molecule has 0 aliphatic rings. The first-order chi connectivity index (χ1) is 6.67. The van der Waals surface area contributed by atoms with Crippen molar-refractivity contribution in [3.05, 3.63) is 32.9 Å². The van der Waals surface area contributed by atoms with Gasteiger partial charge in [-0.3, -0.25) is 4.79 Å². The van der Waals surface area contributed by atoms with Crippen molar-refractivity contribution in [3.63, 3.8) is 0 Å². The minimum absolute atomic E-state index is 0.178. The van der Waals surface area contributed by atoms with Gasteiger partial charge in [-0.1, -0.05) is 22.0 Å². The van der Waals surface area contributed by atoms with Crippen molar-refractivity contribution in [2.24, 2.45) is 0 Å². The molecule has 1 aromatic rings. The molecule has 0 heterocycles. The first-order valence-corrected chi connectivity index (χ1v) is 6.81. The molecule has 0 radical (unpaired) electrons. The lowest BCUT2D eigenvalue weighted by molar-refractivity contribution is -0.115. The van der Waals surface area contributed by atoms with E-state index in [0.29, 0.717) is 17.6 Å². The van der Waals surface area contributed by atoms with E-state index in [9.17, 15) is 4.79 Å². The van der Waals surface area contributed by atoms with E-state index in [1.165, 1.54) is 0 Å².